The second kappa shape index (κ2) is 7.09. The molecule has 5 rings (SSSR count). The summed E-state index contributed by atoms with van der Waals surface area (Å²) in [5.41, 5.74) is 3.35. The Morgan fingerprint density at radius 2 is 2.00 bits per heavy atom. The summed E-state index contributed by atoms with van der Waals surface area (Å²) in [6.07, 6.45) is 2.36. The Morgan fingerprint density at radius 3 is 2.80 bits per heavy atom. The van der Waals surface area contributed by atoms with Crippen molar-refractivity contribution >= 4 is 17.6 Å². The summed E-state index contributed by atoms with van der Waals surface area (Å²) in [5.74, 6) is 0.805. The minimum atomic E-state index is -0.592. The third kappa shape index (κ3) is 3.07. The number of aromatic nitrogens is 3. The molecule has 3 heterocycles. The molecule has 2 amide bonds. The number of rotatable bonds is 4. The number of H-pyrrole nitrogens is 1. The molecular weight excluding hydrogens is 378 g/mol. The second-order valence-corrected chi connectivity index (χ2v) is 8.17. The van der Waals surface area contributed by atoms with Crippen LogP contribution < -0.4 is 10.2 Å². The highest BCUT2D eigenvalue weighted by molar-refractivity contribution is 6.02. The molecule has 2 unspecified atom stereocenters. The quantitative estimate of drug-likeness (QED) is 0.703. The Labute approximate surface area is 174 Å². The Hall–Kier alpha value is -3.48. The zero-order valence-electron chi connectivity index (χ0n) is 16.9. The number of hydrogen-bond acceptors (Lipinski definition) is 4. The number of benzene rings is 1. The van der Waals surface area contributed by atoms with Crippen LogP contribution in [0.2, 0.25) is 0 Å². The number of likely N-dealkylation sites (N-methyl/N-ethyl adjacent to an activating group) is 1. The lowest BCUT2D eigenvalue weighted by atomic mass is 10.1. The normalized spacial score (nSPS) is 24.6. The lowest BCUT2D eigenvalue weighted by Crippen LogP contribution is -2.49. The maximum Gasteiger partial charge on any atom is 0.272 e. The number of anilines is 1. The van der Waals surface area contributed by atoms with E-state index in [2.05, 4.69) is 27.4 Å². The monoisotopic (exact) mass is 401 g/mol. The molecule has 2 aliphatic rings. The highest BCUT2D eigenvalue weighted by Gasteiger charge is 2.58. The number of pyridine rings is 1. The van der Waals surface area contributed by atoms with Crippen LogP contribution >= 0.6 is 0 Å². The number of aromatic amines is 1. The van der Waals surface area contributed by atoms with Crippen molar-refractivity contribution in [3.05, 3.63) is 77.2 Å². The predicted octanol–water partition coefficient (Wildman–Crippen LogP) is 2.52. The van der Waals surface area contributed by atoms with Crippen LogP contribution in [0, 0.1) is 11.8 Å². The molecule has 152 valence electrons. The number of carbonyl (C=O) groups is 2. The minimum Gasteiger partial charge on any atom is -0.339 e. The maximum atomic E-state index is 13.1. The number of hydrogen-bond donors (Lipinski definition) is 2. The second-order valence-electron chi connectivity index (χ2n) is 8.17. The van der Waals surface area contributed by atoms with E-state index in [0.29, 0.717) is 23.9 Å². The fourth-order valence-corrected chi connectivity index (χ4v) is 4.68. The third-order valence-corrected chi connectivity index (χ3v) is 6.31. The van der Waals surface area contributed by atoms with Gasteiger partial charge in [0.15, 0.2) is 0 Å². The van der Waals surface area contributed by atoms with Crippen molar-refractivity contribution in [1.29, 1.82) is 0 Å². The summed E-state index contributed by atoms with van der Waals surface area (Å²) in [5, 5.41) is 10.1. The van der Waals surface area contributed by atoms with Crippen molar-refractivity contribution < 1.29 is 9.59 Å². The molecule has 1 aliphatic carbocycles. The molecule has 30 heavy (non-hydrogen) atoms. The fraction of sp³-hybridized carbons (Fsp3) is 0.304. The van der Waals surface area contributed by atoms with Crippen LogP contribution in [0.1, 0.15) is 40.2 Å². The topological polar surface area (TPSA) is 91.0 Å². The highest BCUT2D eigenvalue weighted by atomic mass is 16.2. The van der Waals surface area contributed by atoms with E-state index < -0.39 is 6.04 Å². The van der Waals surface area contributed by atoms with Crippen LogP contribution in [-0.4, -0.2) is 40.1 Å². The summed E-state index contributed by atoms with van der Waals surface area (Å²) in [6.45, 7) is 2.12. The first-order valence-corrected chi connectivity index (χ1v) is 10.2. The molecule has 0 bridgehead atoms. The van der Waals surface area contributed by atoms with E-state index in [4.69, 9.17) is 0 Å². The van der Waals surface area contributed by atoms with E-state index in [1.165, 1.54) is 0 Å². The van der Waals surface area contributed by atoms with Gasteiger partial charge in [-0.05, 0) is 41.0 Å². The molecule has 4 atom stereocenters. The van der Waals surface area contributed by atoms with Gasteiger partial charge in [-0.1, -0.05) is 43.3 Å². The van der Waals surface area contributed by atoms with Gasteiger partial charge in [0.2, 0.25) is 0 Å². The van der Waals surface area contributed by atoms with E-state index >= 15 is 0 Å². The van der Waals surface area contributed by atoms with Crippen LogP contribution in [-0.2, 0) is 11.2 Å². The van der Waals surface area contributed by atoms with Crippen molar-refractivity contribution in [3.63, 3.8) is 0 Å². The van der Waals surface area contributed by atoms with Gasteiger partial charge in [-0.3, -0.25) is 19.6 Å². The van der Waals surface area contributed by atoms with E-state index in [1.54, 1.807) is 24.2 Å². The maximum absolute atomic E-state index is 13.1. The SMILES string of the molecule is C[C@H]1C2c3cccnc3N(C)C(=O)[C@@H](NC(=O)c3cc(Cc4ccccc4)[nH]n3)C21. The van der Waals surface area contributed by atoms with Gasteiger partial charge in [0.25, 0.3) is 11.8 Å². The van der Waals surface area contributed by atoms with E-state index in [-0.39, 0.29) is 23.7 Å². The van der Waals surface area contributed by atoms with E-state index in [1.807, 2.05) is 42.5 Å². The third-order valence-electron chi connectivity index (χ3n) is 6.31. The van der Waals surface area contributed by atoms with Crippen molar-refractivity contribution in [2.75, 3.05) is 11.9 Å². The average molecular weight is 401 g/mol. The summed E-state index contributed by atoms with van der Waals surface area (Å²) in [7, 11) is 1.72. The molecule has 0 spiro atoms. The lowest BCUT2D eigenvalue weighted by molar-refractivity contribution is -0.120. The first-order chi connectivity index (χ1) is 14.5. The van der Waals surface area contributed by atoms with Crippen LogP contribution in [0.25, 0.3) is 0 Å². The lowest BCUT2D eigenvalue weighted by Gasteiger charge is -2.23. The number of amides is 2. The smallest absolute Gasteiger partial charge is 0.272 e. The van der Waals surface area contributed by atoms with Crippen LogP contribution in [0.15, 0.2) is 54.7 Å². The molecule has 7 heteroatoms. The predicted molar refractivity (Wildman–Crippen MR) is 112 cm³/mol. The Kier molecular flexibility index (Phi) is 4.38. The molecule has 0 saturated heterocycles. The van der Waals surface area contributed by atoms with Crippen molar-refractivity contribution in [1.82, 2.24) is 20.5 Å². The molecule has 7 nitrogen and oxygen atoms in total. The zero-order chi connectivity index (χ0) is 20.8. The Balaban J connectivity index is 1.35. The van der Waals surface area contributed by atoms with Gasteiger partial charge >= 0.3 is 0 Å². The van der Waals surface area contributed by atoms with Gasteiger partial charge in [0.1, 0.15) is 17.6 Å². The molecule has 0 radical (unpaired) electrons. The van der Waals surface area contributed by atoms with Gasteiger partial charge in [0.05, 0.1) is 0 Å². The molecule has 3 aromatic rings. The summed E-state index contributed by atoms with van der Waals surface area (Å²) >= 11 is 0. The summed E-state index contributed by atoms with van der Waals surface area (Å²) in [4.78, 5) is 32.0. The Bertz CT molecular complexity index is 1110. The van der Waals surface area contributed by atoms with Crippen molar-refractivity contribution in [2.24, 2.45) is 11.8 Å². The highest BCUT2D eigenvalue weighted by Crippen LogP contribution is 2.58. The van der Waals surface area contributed by atoms with Crippen LogP contribution in [0.3, 0.4) is 0 Å². The van der Waals surface area contributed by atoms with Gasteiger partial charge < -0.3 is 5.32 Å². The van der Waals surface area contributed by atoms with E-state index in [0.717, 1.165) is 16.8 Å². The summed E-state index contributed by atoms with van der Waals surface area (Å²) < 4.78 is 0. The minimum absolute atomic E-state index is 0.0667. The molecule has 1 fully saturated rings. The zero-order valence-corrected chi connectivity index (χ0v) is 16.9. The first kappa shape index (κ1) is 18.5. The molecule has 1 saturated carbocycles. The Morgan fingerprint density at radius 1 is 1.20 bits per heavy atom. The molecule has 2 N–H and O–H groups in total. The average Bonchev–Trinajstić information content (AvgIpc) is 3.21. The number of carbonyl (C=O) groups excluding carboxylic acids is 2. The van der Waals surface area contributed by atoms with Gasteiger partial charge in [0, 0.05) is 25.4 Å². The molecular formula is C23H23N5O2. The number of nitrogens with one attached hydrogen (secondary N) is 2. The standard InChI is InChI=1S/C23H23N5O2/c1-13-18-16-9-6-10-24-21(16)28(2)23(30)20(19(13)18)25-22(29)17-12-15(26-27-17)11-14-7-4-3-5-8-14/h3-10,12-13,18-20H,11H2,1-2H3,(H,25,29)(H,26,27)/t13-,18?,19?,20-/m0/s1. The molecule has 1 aliphatic heterocycles. The molecule has 2 aromatic heterocycles. The van der Waals surface area contributed by atoms with Crippen molar-refractivity contribution in [3.8, 4) is 0 Å². The fourth-order valence-electron chi connectivity index (χ4n) is 4.68. The van der Waals surface area contributed by atoms with Crippen LogP contribution in [0.4, 0.5) is 5.82 Å². The van der Waals surface area contributed by atoms with Gasteiger partial charge in [-0.15, -0.1) is 0 Å². The van der Waals surface area contributed by atoms with Gasteiger partial charge in [-0.25, -0.2) is 4.98 Å². The van der Waals surface area contributed by atoms with E-state index in [9.17, 15) is 9.59 Å². The summed E-state index contributed by atoms with van der Waals surface area (Å²) in [6, 6.07) is 15.1. The van der Waals surface area contributed by atoms with Crippen LogP contribution in [0.5, 0.6) is 0 Å². The van der Waals surface area contributed by atoms with Gasteiger partial charge in [-0.2, -0.15) is 5.10 Å². The number of fused-ring (bicyclic) bond motifs is 3. The first-order valence-electron chi connectivity index (χ1n) is 10.2. The molecule has 1 aromatic carbocycles. The van der Waals surface area contributed by atoms with Crippen molar-refractivity contribution in [2.45, 2.75) is 25.3 Å². The number of nitrogens with zero attached hydrogens (tertiary/aromatic N) is 3. The largest absolute Gasteiger partial charge is 0.339 e.